The molecular formula is C19H17ClF3N3O2S. The van der Waals surface area contributed by atoms with Gasteiger partial charge in [-0.25, -0.2) is 0 Å². The monoisotopic (exact) mass is 443 g/mol. The number of halogens is 4. The van der Waals surface area contributed by atoms with Crippen molar-refractivity contribution in [3.8, 4) is 5.75 Å². The van der Waals surface area contributed by atoms with Crippen LogP contribution in [0, 0.1) is 0 Å². The third-order valence-corrected chi connectivity index (χ3v) is 5.61. The van der Waals surface area contributed by atoms with Crippen LogP contribution in [-0.4, -0.2) is 19.0 Å². The molecule has 5 nitrogen and oxygen atoms in total. The van der Waals surface area contributed by atoms with Gasteiger partial charge in [0.05, 0.1) is 22.1 Å². The average molecular weight is 444 g/mol. The average Bonchev–Trinajstić information content (AvgIpc) is 3.11. The zero-order valence-electron chi connectivity index (χ0n) is 15.3. The van der Waals surface area contributed by atoms with E-state index in [2.05, 4.69) is 10.2 Å². The molecule has 0 saturated heterocycles. The molecular weight excluding hydrogens is 427 g/mol. The first-order valence-electron chi connectivity index (χ1n) is 8.63. The van der Waals surface area contributed by atoms with Gasteiger partial charge in [0.25, 0.3) is 0 Å². The van der Waals surface area contributed by atoms with Crippen molar-refractivity contribution < 1.29 is 22.1 Å². The quantitative estimate of drug-likeness (QED) is 0.523. The molecule has 0 aliphatic rings. The van der Waals surface area contributed by atoms with Crippen molar-refractivity contribution in [3.63, 3.8) is 0 Å². The Balaban J connectivity index is 1.72. The number of benzene rings is 2. The van der Waals surface area contributed by atoms with Gasteiger partial charge in [-0.3, -0.25) is 4.21 Å². The van der Waals surface area contributed by atoms with E-state index in [0.717, 1.165) is 17.7 Å². The molecule has 3 rings (SSSR count). The lowest BCUT2D eigenvalue weighted by Crippen LogP contribution is -2.11. The minimum Gasteiger partial charge on any atom is -0.486 e. The lowest BCUT2D eigenvalue weighted by atomic mass is 10.2. The number of alkyl halides is 3. The lowest BCUT2D eigenvalue weighted by molar-refractivity contribution is -0.137. The van der Waals surface area contributed by atoms with Crippen LogP contribution in [0.15, 0.2) is 53.7 Å². The summed E-state index contributed by atoms with van der Waals surface area (Å²) in [4.78, 5) is 0. The highest BCUT2D eigenvalue weighted by molar-refractivity contribution is 7.84. The molecule has 0 spiro atoms. The maximum absolute atomic E-state index is 12.8. The van der Waals surface area contributed by atoms with Gasteiger partial charge < -0.3 is 9.30 Å². The molecule has 154 valence electrons. The summed E-state index contributed by atoms with van der Waals surface area (Å²) in [5, 5.41) is 8.87. The standard InChI is InChI=1S/C19H17ClF3N3O2S/c1-2-26-17(11-28-16-5-3-4-14(10-16)19(21,22)23)24-25-18(26)29(27)12-13-6-8-15(20)9-7-13/h3-10H,2,11-12H2,1H3. The third-order valence-electron chi connectivity index (χ3n) is 4.05. The van der Waals surface area contributed by atoms with Crippen LogP contribution in [0.3, 0.4) is 0 Å². The molecule has 0 N–H and O–H groups in total. The number of hydrogen-bond acceptors (Lipinski definition) is 4. The van der Waals surface area contributed by atoms with Gasteiger partial charge in [0.15, 0.2) is 5.82 Å². The Labute approximate surface area is 172 Å². The maximum Gasteiger partial charge on any atom is 0.416 e. The maximum atomic E-state index is 12.8. The summed E-state index contributed by atoms with van der Waals surface area (Å²) in [7, 11) is -1.45. The van der Waals surface area contributed by atoms with E-state index in [9.17, 15) is 17.4 Å². The number of ether oxygens (including phenoxy) is 1. The van der Waals surface area contributed by atoms with Crippen LogP contribution in [0.5, 0.6) is 5.75 Å². The highest BCUT2D eigenvalue weighted by Gasteiger charge is 2.30. The Morgan fingerprint density at radius 1 is 1.14 bits per heavy atom. The van der Waals surface area contributed by atoms with Crippen LogP contribution < -0.4 is 4.74 Å². The molecule has 0 radical (unpaired) electrons. The topological polar surface area (TPSA) is 57.0 Å². The Hall–Kier alpha value is -2.39. The van der Waals surface area contributed by atoms with Crippen LogP contribution in [-0.2, 0) is 35.9 Å². The van der Waals surface area contributed by atoms with Crippen LogP contribution in [0.1, 0.15) is 23.9 Å². The van der Waals surface area contributed by atoms with E-state index in [-0.39, 0.29) is 23.3 Å². The fraction of sp³-hybridized carbons (Fsp3) is 0.263. The summed E-state index contributed by atoms with van der Waals surface area (Å²) < 4.78 is 58.3. The summed E-state index contributed by atoms with van der Waals surface area (Å²) in [5.74, 6) is 0.683. The van der Waals surface area contributed by atoms with E-state index in [4.69, 9.17) is 16.3 Å². The third kappa shape index (κ3) is 5.36. The molecule has 3 aromatic rings. The molecule has 1 heterocycles. The van der Waals surface area contributed by atoms with Crippen molar-refractivity contribution in [2.75, 3.05) is 0 Å². The fourth-order valence-electron chi connectivity index (χ4n) is 2.62. The fourth-order valence-corrected chi connectivity index (χ4v) is 3.98. The molecule has 10 heteroatoms. The molecule has 0 saturated carbocycles. The first kappa shape index (κ1) is 21.3. The molecule has 2 aromatic carbocycles. The Bertz CT molecular complexity index is 1010. The Morgan fingerprint density at radius 3 is 2.52 bits per heavy atom. The molecule has 0 amide bonds. The van der Waals surface area contributed by atoms with Gasteiger partial charge in [-0.1, -0.05) is 29.8 Å². The summed E-state index contributed by atoms with van der Waals surface area (Å²) in [6, 6.07) is 11.6. The minimum absolute atomic E-state index is 0.0642. The van der Waals surface area contributed by atoms with Gasteiger partial charge in [0, 0.05) is 11.6 Å². The van der Waals surface area contributed by atoms with Crippen LogP contribution in [0.2, 0.25) is 5.02 Å². The van der Waals surface area contributed by atoms with Gasteiger partial charge in [0.1, 0.15) is 12.4 Å². The number of nitrogens with zero attached hydrogens (tertiary/aromatic N) is 3. The van der Waals surface area contributed by atoms with E-state index < -0.39 is 22.5 Å². The zero-order valence-corrected chi connectivity index (χ0v) is 16.9. The SMILES string of the molecule is CCn1c(COc2cccc(C(F)(F)F)c2)nnc1S(=O)Cc1ccc(Cl)cc1. The van der Waals surface area contributed by atoms with Gasteiger partial charge in [-0.2, -0.15) is 13.2 Å². The van der Waals surface area contributed by atoms with Gasteiger partial charge in [0.2, 0.25) is 5.16 Å². The number of hydrogen-bond donors (Lipinski definition) is 0. The second-order valence-electron chi connectivity index (χ2n) is 6.07. The van der Waals surface area contributed by atoms with Crippen molar-refractivity contribution in [1.29, 1.82) is 0 Å². The number of aromatic nitrogens is 3. The van der Waals surface area contributed by atoms with Gasteiger partial charge in [-0.15, -0.1) is 10.2 Å². The van der Waals surface area contributed by atoms with Crippen molar-refractivity contribution in [2.24, 2.45) is 0 Å². The van der Waals surface area contributed by atoms with Crippen molar-refractivity contribution in [1.82, 2.24) is 14.8 Å². The van der Waals surface area contributed by atoms with Gasteiger partial charge >= 0.3 is 6.18 Å². The second kappa shape index (κ2) is 8.96. The molecule has 0 aliphatic carbocycles. The molecule has 0 fully saturated rings. The highest BCUT2D eigenvalue weighted by atomic mass is 35.5. The van der Waals surface area contributed by atoms with E-state index in [0.29, 0.717) is 17.4 Å². The summed E-state index contributed by atoms with van der Waals surface area (Å²) in [6.45, 7) is 2.18. The van der Waals surface area contributed by atoms with E-state index in [1.54, 1.807) is 28.8 Å². The van der Waals surface area contributed by atoms with Crippen LogP contribution in [0.4, 0.5) is 13.2 Å². The molecule has 0 bridgehead atoms. The van der Waals surface area contributed by atoms with Crippen LogP contribution in [0.25, 0.3) is 0 Å². The first-order chi connectivity index (χ1) is 13.8. The van der Waals surface area contributed by atoms with E-state index in [1.807, 2.05) is 6.92 Å². The molecule has 29 heavy (non-hydrogen) atoms. The molecule has 1 aromatic heterocycles. The van der Waals surface area contributed by atoms with E-state index in [1.165, 1.54) is 12.1 Å². The predicted molar refractivity (Wildman–Crippen MR) is 103 cm³/mol. The normalized spacial score (nSPS) is 12.7. The molecule has 1 atom stereocenters. The minimum atomic E-state index is -4.45. The smallest absolute Gasteiger partial charge is 0.416 e. The first-order valence-corrected chi connectivity index (χ1v) is 10.3. The lowest BCUT2D eigenvalue weighted by Gasteiger charge is -2.11. The predicted octanol–water partition coefficient (Wildman–Crippen LogP) is 4.86. The summed E-state index contributed by atoms with van der Waals surface area (Å²) >= 11 is 5.86. The number of rotatable bonds is 7. The van der Waals surface area contributed by atoms with Crippen molar-refractivity contribution in [3.05, 3.63) is 70.5 Å². The Kier molecular flexibility index (Phi) is 6.59. The molecule has 0 aliphatic heterocycles. The van der Waals surface area contributed by atoms with Crippen molar-refractivity contribution >= 4 is 22.4 Å². The summed E-state index contributed by atoms with van der Waals surface area (Å²) in [5.41, 5.74) is 0.0388. The van der Waals surface area contributed by atoms with Gasteiger partial charge in [-0.05, 0) is 42.8 Å². The Morgan fingerprint density at radius 2 is 1.86 bits per heavy atom. The largest absolute Gasteiger partial charge is 0.486 e. The molecule has 1 unspecified atom stereocenters. The van der Waals surface area contributed by atoms with E-state index >= 15 is 0 Å². The van der Waals surface area contributed by atoms with Crippen molar-refractivity contribution in [2.45, 2.75) is 37.2 Å². The second-order valence-corrected chi connectivity index (χ2v) is 7.85. The zero-order chi connectivity index (χ0) is 21.0. The summed E-state index contributed by atoms with van der Waals surface area (Å²) in [6.07, 6.45) is -4.45. The van der Waals surface area contributed by atoms with Crippen LogP contribution >= 0.6 is 11.6 Å². The highest BCUT2D eigenvalue weighted by Crippen LogP contribution is 2.31.